The Morgan fingerprint density at radius 1 is 0.680 bits per heavy atom. The zero-order chi connectivity index (χ0) is 17.9. The number of unbranched alkanes of at least 4 members (excludes halogenated alkanes) is 4. The Kier molecular flexibility index (Phi) is 6.44. The lowest BCUT2D eigenvalue weighted by molar-refractivity contribution is 0.405. The summed E-state index contributed by atoms with van der Waals surface area (Å²) in [4.78, 5) is 0. The second-order valence-corrected chi connectivity index (χ2v) is 9.21. The van der Waals surface area contributed by atoms with Crippen molar-refractivity contribution in [3.05, 3.63) is 56.5 Å². The van der Waals surface area contributed by atoms with E-state index in [-0.39, 0.29) is 5.41 Å². The summed E-state index contributed by atoms with van der Waals surface area (Å²) < 4.78 is 2.40. The fourth-order valence-electron chi connectivity index (χ4n) is 4.46. The molecule has 1 aliphatic carbocycles. The molecule has 0 unspecified atom stereocenters. The largest absolute Gasteiger partial charge is 0.0654 e. The van der Waals surface area contributed by atoms with E-state index in [1.807, 2.05) is 0 Å². The fraction of sp³-hybridized carbons (Fsp3) is 0.478. The van der Waals surface area contributed by atoms with Crippen LogP contribution in [0.1, 0.15) is 76.3 Å². The van der Waals surface area contributed by atoms with Crippen molar-refractivity contribution in [1.29, 1.82) is 0 Å². The van der Waals surface area contributed by atoms with E-state index in [0.717, 1.165) is 0 Å². The van der Waals surface area contributed by atoms with Gasteiger partial charge >= 0.3 is 0 Å². The molecule has 0 atom stereocenters. The molecule has 1 aliphatic rings. The first-order valence-corrected chi connectivity index (χ1v) is 11.3. The summed E-state index contributed by atoms with van der Waals surface area (Å²) in [5.74, 6) is 0. The van der Waals surface area contributed by atoms with Crippen LogP contribution < -0.4 is 0 Å². The third-order valence-electron chi connectivity index (χ3n) is 5.70. The highest BCUT2D eigenvalue weighted by Crippen LogP contribution is 2.55. The minimum Gasteiger partial charge on any atom is -0.0654 e. The van der Waals surface area contributed by atoms with Gasteiger partial charge in [0.05, 0.1) is 0 Å². The fourth-order valence-corrected chi connectivity index (χ4v) is 5.18. The van der Waals surface area contributed by atoms with Crippen molar-refractivity contribution in [3.63, 3.8) is 0 Å². The lowest BCUT2D eigenvalue weighted by Crippen LogP contribution is -2.25. The second kappa shape index (κ2) is 8.39. The smallest absolute Gasteiger partial charge is 0.0216 e. The molecule has 0 heterocycles. The normalized spacial score (nSPS) is 14.4. The molecule has 0 nitrogen and oxygen atoms in total. The SMILES string of the molecule is CCCCCC1(CCCCC)c2cc(Br)ccc2-c2ccc(Br)cc21. The highest BCUT2D eigenvalue weighted by Gasteiger charge is 2.42. The predicted molar refractivity (Wildman–Crippen MR) is 116 cm³/mol. The maximum absolute atomic E-state index is 3.73. The van der Waals surface area contributed by atoms with Crippen molar-refractivity contribution in [2.75, 3.05) is 0 Å². The van der Waals surface area contributed by atoms with Crippen LogP contribution in [0.3, 0.4) is 0 Å². The lowest BCUT2D eigenvalue weighted by atomic mass is 9.70. The zero-order valence-corrected chi connectivity index (χ0v) is 18.5. The molecule has 2 aromatic rings. The Bertz CT molecular complexity index is 669. The van der Waals surface area contributed by atoms with E-state index < -0.39 is 0 Å². The number of hydrogen-bond acceptors (Lipinski definition) is 0. The molecule has 0 saturated carbocycles. The first kappa shape index (κ1) is 19.2. The third-order valence-corrected chi connectivity index (χ3v) is 6.69. The summed E-state index contributed by atoms with van der Waals surface area (Å²) in [5.41, 5.74) is 6.16. The maximum atomic E-state index is 3.73. The first-order chi connectivity index (χ1) is 12.1. The van der Waals surface area contributed by atoms with E-state index in [4.69, 9.17) is 0 Å². The number of rotatable bonds is 8. The number of halogens is 2. The van der Waals surface area contributed by atoms with Gasteiger partial charge in [-0.1, -0.05) is 96.4 Å². The van der Waals surface area contributed by atoms with Crippen LogP contribution in [-0.4, -0.2) is 0 Å². The van der Waals surface area contributed by atoms with E-state index in [2.05, 4.69) is 82.1 Å². The molecule has 0 radical (unpaired) electrons. The molecule has 2 aromatic carbocycles. The zero-order valence-electron chi connectivity index (χ0n) is 15.4. The molecule has 0 aromatic heterocycles. The topological polar surface area (TPSA) is 0 Å². The molecule has 2 heteroatoms. The molecular formula is C23H28Br2. The van der Waals surface area contributed by atoms with Crippen LogP contribution in [0.4, 0.5) is 0 Å². The van der Waals surface area contributed by atoms with E-state index in [1.54, 1.807) is 11.1 Å². The van der Waals surface area contributed by atoms with Gasteiger partial charge in [-0.2, -0.15) is 0 Å². The molecule has 3 rings (SSSR count). The maximum Gasteiger partial charge on any atom is 0.0216 e. The van der Waals surface area contributed by atoms with Gasteiger partial charge in [-0.3, -0.25) is 0 Å². The highest BCUT2D eigenvalue weighted by atomic mass is 79.9. The summed E-state index contributed by atoms with van der Waals surface area (Å²) in [6.45, 7) is 4.60. The Balaban J connectivity index is 2.13. The minimum atomic E-state index is 0.183. The predicted octanol–water partition coefficient (Wildman–Crippen LogP) is 8.64. The molecule has 0 N–H and O–H groups in total. The first-order valence-electron chi connectivity index (χ1n) is 9.73. The number of fused-ring (bicyclic) bond motifs is 3. The Morgan fingerprint density at radius 2 is 1.12 bits per heavy atom. The Morgan fingerprint density at radius 3 is 1.52 bits per heavy atom. The van der Waals surface area contributed by atoms with Gasteiger partial charge in [-0.25, -0.2) is 0 Å². The van der Waals surface area contributed by atoms with Crippen LogP contribution in [-0.2, 0) is 5.41 Å². The monoisotopic (exact) mass is 462 g/mol. The molecule has 0 aliphatic heterocycles. The summed E-state index contributed by atoms with van der Waals surface area (Å²) in [6, 6.07) is 13.8. The van der Waals surface area contributed by atoms with Crippen LogP contribution in [0.2, 0.25) is 0 Å². The average Bonchev–Trinajstić information content (AvgIpc) is 2.85. The number of benzene rings is 2. The Labute approximate surface area is 169 Å². The van der Waals surface area contributed by atoms with E-state index >= 15 is 0 Å². The van der Waals surface area contributed by atoms with Crippen LogP contribution in [0.25, 0.3) is 11.1 Å². The van der Waals surface area contributed by atoms with Gasteiger partial charge in [-0.05, 0) is 59.4 Å². The highest BCUT2D eigenvalue weighted by molar-refractivity contribution is 9.10. The van der Waals surface area contributed by atoms with Crippen LogP contribution >= 0.6 is 31.9 Å². The van der Waals surface area contributed by atoms with Gasteiger partial charge in [-0.15, -0.1) is 0 Å². The van der Waals surface area contributed by atoms with Gasteiger partial charge < -0.3 is 0 Å². The summed E-state index contributed by atoms with van der Waals surface area (Å²) in [5, 5.41) is 0. The molecule has 0 bridgehead atoms. The van der Waals surface area contributed by atoms with Gasteiger partial charge in [0, 0.05) is 14.4 Å². The average molecular weight is 464 g/mol. The standard InChI is InChI=1S/C23H28Br2/c1-3-5-7-13-23(14-8-6-4-2)21-15-17(24)9-11-19(21)20-12-10-18(25)16-22(20)23/h9-12,15-16H,3-8,13-14H2,1-2H3. The Hall–Kier alpha value is -0.600. The molecule has 0 spiro atoms. The second-order valence-electron chi connectivity index (χ2n) is 7.38. The van der Waals surface area contributed by atoms with Gasteiger partial charge in [0.1, 0.15) is 0 Å². The lowest BCUT2D eigenvalue weighted by Gasteiger charge is -2.33. The van der Waals surface area contributed by atoms with Crippen molar-refractivity contribution in [1.82, 2.24) is 0 Å². The van der Waals surface area contributed by atoms with Gasteiger partial charge in [0.2, 0.25) is 0 Å². The van der Waals surface area contributed by atoms with Gasteiger partial charge in [0.25, 0.3) is 0 Å². The van der Waals surface area contributed by atoms with Crippen molar-refractivity contribution >= 4 is 31.9 Å². The van der Waals surface area contributed by atoms with E-state index in [0.29, 0.717) is 0 Å². The summed E-state index contributed by atoms with van der Waals surface area (Å²) in [6.07, 6.45) is 10.3. The molecular weight excluding hydrogens is 436 g/mol. The van der Waals surface area contributed by atoms with Crippen molar-refractivity contribution in [2.24, 2.45) is 0 Å². The molecule has 0 saturated heterocycles. The molecule has 0 amide bonds. The van der Waals surface area contributed by atoms with Gasteiger partial charge in [0.15, 0.2) is 0 Å². The van der Waals surface area contributed by atoms with E-state index in [9.17, 15) is 0 Å². The van der Waals surface area contributed by atoms with Crippen LogP contribution in [0.15, 0.2) is 45.3 Å². The van der Waals surface area contributed by atoms with Crippen molar-refractivity contribution < 1.29 is 0 Å². The van der Waals surface area contributed by atoms with Crippen LogP contribution in [0, 0.1) is 0 Å². The minimum absolute atomic E-state index is 0.183. The molecule has 25 heavy (non-hydrogen) atoms. The summed E-state index contributed by atoms with van der Waals surface area (Å²) in [7, 11) is 0. The third kappa shape index (κ3) is 3.76. The van der Waals surface area contributed by atoms with Crippen molar-refractivity contribution in [3.8, 4) is 11.1 Å². The molecule has 0 fully saturated rings. The van der Waals surface area contributed by atoms with E-state index in [1.165, 1.54) is 71.4 Å². The van der Waals surface area contributed by atoms with Crippen molar-refractivity contribution in [2.45, 2.75) is 70.6 Å². The quantitative estimate of drug-likeness (QED) is 0.343. The number of hydrogen-bond donors (Lipinski definition) is 0. The van der Waals surface area contributed by atoms with Crippen LogP contribution in [0.5, 0.6) is 0 Å². The molecule has 134 valence electrons. The summed E-state index contributed by atoms with van der Waals surface area (Å²) >= 11 is 7.46.